The van der Waals surface area contributed by atoms with Gasteiger partial charge in [0.25, 0.3) is 10.1 Å². The molecule has 0 unspecified atom stereocenters. The van der Waals surface area contributed by atoms with E-state index in [1.807, 2.05) is 0 Å². The second-order valence-corrected chi connectivity index (χ2v) is 4.63. The zero-order chi connectivity index (χ0) is 9.45. The minimum absolute atomic E-state index is 0. The van der Waals surface area contributed by atoms with Crippen molar-refractivity contribution in [2.45, 2.75) is 45.4 Å². The van der Waals surface area contributed by atoms with E-state index in [0.29, 0.717) is 6.42 Å². The maximum atomic E-state index is 10.3. The van der Waals surface area contributed by atoms with Crippen molar-refractivity contribution in [1.82, 2.24) is 0 Å². The van der Waals surface area contributed by atoms with E-state index >= 15 is 0 Å². The van der Waals surface area contributed by atoms with Crippen LogP contribution in [0, 0.1) is 0 Å². The van der Waals surface area contributed by atoms with E-state index in [1.165, 1.54) is 19.3 Å². The standard InChI is InChI=1S/C8H18O3S.K/c1-2-3-4-5-6-7-8-12(9,10)11;/h2-8H2,1H3,(H,9,10,11);/q;+1. The van der Waals surface area contributed by atoms with Crippen molar-refractivity contribution in [1.29, 1.82) is 0 Å². The third kappa shape index (κ3) is 16.2. The average molecular weight is 233 g/mol. The van der Waals surface area contributed by atoms with Gasteiger partial charge in [-0.05, 0) is 6.42 Å². The molecule has 0 saturated carbocycles. The van der Waals surface area contributed by atoms with Gasteiger partial charge >= 0.3 is 51.4 Å². The molecule has 0 spiro atoms. The van der Waals surface area contributed by atoms with Crippen LogP contribution in [0.5, 0.6) is 0 Å². The summed E-state index contributed by atoms with van der Waals surface area (Å²) in [6.07, 6.45) is 6.14. The Bertz CT molecular complexity index is 190. The molecule has 0 amide bonds. The van der Waals surface area contributed by atoms with Crippen molar-refractivity contribution < 1.29 is 64.4 Å². The van der Waals surface area contributed by atoms with Crippen molar-refractivity contribution in [3.05, 3.63) is 0 Å². The molecule has 0 aromatic rings. The number of unbranched alkanes of at least 4 members (excludes halogenated alkanes) is 5. The largest absolute Gasteiger partial charge is 1.00 e. The first-order valence-electron chi connectivity index (χ1n) is 4.51. The van der Waals surface area contributed by atoms with Crippen LogP contribution in [-0.4, -0.2) is 18.7 Å². The second-order valence-electron chi connectivity index (χ2n) is 3.05. The average Bonchev–Trinajstić information content (AvgIpc) is 1.94. The molecule has 0 aliphatic carbocycles. The van der Waals surface area contributed by atoms with Gasteiger partial charge in [-0.15, -0.1) is 0 Å². The fourth-order valence-corrected chi connectivity index (χ4v) is 1.63. The van der Waals surface area contributed by atoms with E-state index in [1.54, 1.807) is 0 Å². The van der Waals surface area contributed by atoms with E-state index in [-0.39, 0.29) is 57.1 Å². The SMILES string of the molecule is CCCCCCCCS(=O)(=O)O.[K+]. The van der Waals surface area contributed by atoms with Crippen LogP contribution in [0.1, 0.15) is 45.4 Å². The van der Waals surface area contributed by atoms with Crippen LogP contribution >= 0.6 is 0 Å². The Morgan fingerprint density at radius 3 is 1.92 bits per heavy atom. The van der Waals surface area contributed by atoms with Crippen molar-refractivity contribution in [2.24, 2.45) is 0 Å². The molecule has 0 radical (unpaired) electrons. The Hall–Kier alpha value is 1.55. The molecule has 13 heavy (non-hydrogen) atoms. The Morgan fingerprint density at radius 1 is 1.00 bits per heavy atom. The molecule has 0 aliphatic heterocycles. The monoisotopic (exact) mass is 233 g/mol. The Kier molecular flexibility index (Phi) is 13.1. The maximum absolute atomic E-state index is 10.3. The number of hydrogen-bond acceptors (Lipinski definition) is 2. The molecule has 0 saturated heterocycles. The van der Waals surface area contributed by atoms with Gasteiger partial charge in [0.05, 0.1) is 5.75 Å². The van der Waals surface area contributed by atoms with Crippen LogP contribution in [0.4, 0.5) is 0 Å². The molecule has 0 fully saturated rings. The third-order valence-corrected chi connectivity index (χ3v) is 2.56. The molecule has 0 aromatic carbocycles. The summed E-state index contributed by atoms with van der Waals surface area (Å²) in [5.41, 5.74) is 0. The van der Waals surface area contributed by atoms with Crippen LogP contribution in [0.15, 0.2) is 0 Å². The first-order chi connectivity index (χ1) is 5.56. The first-order valence-corrected chi connectivity index (χ1v) is 6.12. The summed E-state index contributed by atoms with van der Waals surface area (Å²) in [7, 11) is -3.72. The van der Waals surface area contributed by atoms with E-state index < -0.39 is 10.1 Å². The van der Waals surface area contributed by atoms with Crippen molar-refractivity contribution in [3.8, 4) is 0 Å². The van der Waals surface area contributed by atoms with Crippen LogP contribution in [0.3, 0.4) is 0 Å². The molecule has 3 nitrogen and oxygen atoms in total. The predicted octanol–water partition coefficient (Wildman–Crippen LogP) is -0.761. The molecule has 0 rings (SSSR count). The molecule has 0 heterocycles. The number of rotatable bonds is 7. The molecule has 0 aliphatic rings. The smallest absolute Gasteiger partial charge is 0.286 e. The van der Waals surface area contributed by atoms with Gasteiger partial charge in [0.15, 0.2) is 0 Å². The van der Waals surface area contributed by atoms with Crippen LogP contribution < -0.4 is 51.4 Å². The van der Waals surface area contributed by atoms with Crippen LogP contribution in [-0.2, 0) is 10.1 Å². The molecule has 0 aromatic heterocycles. The Labute approximate surface area is 124 Å². The normalized spacial score (nSPS) is 10.9. The molecular weight excluding hydrogens is 215 g/mol. The van der Waals surface area contributed by atoms with Crippen molar-refractivity contribution in [3.63, 3.8) is 0 Å². The van der Waals surface area contributed by atoms with Crippen LogP contribution in [0.25, 0.3) is 0 Å². The minimum atomic E-state index is -3.72. The Balaban J connectivity index is 0. The molecule has 0 atom stereocenters. The Morgan fingerprint density at radius 2 is 1.46 bits per heavy atom. The third-order valence-electron chi connectivity index (χ3n) is 1.76. The molecule has 5 heteroatoms. The number of hydrogen-bond donors (Lipinski definition) is 1. The van der Waals surface area contributed by atoms with E-state index in [0.717, 1.165) is 12.8 Å². The van der Waals surface area contributed by atoms with Gasteiger partial charge < -0.3 is 0 Å². The summed E-state index contributed by atoms with van der Waals surface area (Å²) in [5.74, 6) is -0.0842. The first kappa shape index (κ1) is 17.0. The van der Waals surface area contributed by atoms with Gasteiger partial charge in [0.1, 0.15) is 0 Å². The molecule has 1 N–H and O–H groups in total. The fourth-order valence-electron chi connectivity index (χ4n) is 1.06. The second kappa shape index (κ2) is 10.1. The molecule has 74 valence electrons. The summed E-state index contributed by atoms with van der Waals surface area (Å²) >= 11 is 0. The van der Waals surface area contributed by atoms with Gasteiger partial charge in [-0.2, -0.15) is 8.42 Å². The summed E-state index contributed by atoms with van der Waals surface area (Å²) in [5, 5.41) is 0. The van der Waals surface area contributed by atoms with E-state index in [9.17, 15) is 8.42 Å². The molecular formula is C8H18KO3S+. The van der Waals surface area contributed by atoms with E-state index in [2.05, 4.69) is 6.92 Å². The van der Waals surface area contributed by atoms with Crippen molar-refractivity contribution in [2.75, 3.05) is 5.75 Å². The molecule has 0 bridgehead atoms. The van der Waals surface area contributed by atoms with Gasteiger partial charge in [0, 0.05) is 0 Å². The zero-order valence-electron chi connectivity index (χ0n) is 8.62. The summed E-state index contributed by atoms with van der Waals surface area (Å²) in [4.78, 5) is 0. The maximum Gasteiger partial charge on any atom is 1.00 e. The zero-order valence-corrected chi connectivity index (χ0v) is 12.6. The predicted molar refractivity (Wildman–Crippen MR) is 49.8 cm³/mol. The summed E-state index contributed by atoms with van der Waals surface area (Å²) in [6.45, 7) is 2.14. The quantitative estimate of drug-likeness (QED) is 0.357. The summed E-state index contributed by atoms with van der Waals surface area (Å²) in [6, 6.07) is 0. The van der Waals surface area contributed by atoms with Crippen LogP contribution in [0.2, 0.25) is 0 Å². The van der Waals surface area contributed by atoms with E-state index in [4.69, 9.17) is 4.55 Å². The van der Waals surface area contributed by atoms with Gasteiger partial charge in [-0.25, -0.2) is 0 Å². The van der Waals surface area contributed by atoms with Gasteiger partial charge in [-0.1, -0.05) is 39.0 Å². The summed E-state index contributed by atoms with van der Waals surface area (Å²) < 4.78 is 28.9. The van der Waals surface area contributed by atoms with Gasteiger partial charge in [-0.3, -0.25) is 4.55 Å². The van der Waals surface area contributed by atoms with Crippen molar-refractivity contribution >= 4 is 10.1 Å². The fraction of sp³-hybridized carbons (Fsp3) is 1.00. The topological polar surface area (TPSA) is 54.4 Å². The van der Waals surface area contributed by atoms with Gasteiger partial charge in [0.2, 0.25) is 0 Å². The minimum Gasteiger partial charge on any atom is -0.286 e.